The number of nitrogens with zero attached hydrogens (tertiary/aromatic N) is 1. The minimum absolute atomic E-state index is 0.408. The van der Waals surface area contributed by atoms with Gasteiger partial charge in [-0.1, -0.05) is 60.7 Å². The highest BCUT2D eigenvalue weighted by Gasteiger charge is 2.43. The van der Waals surface area contributed by atoms with Crippen LogP contribution in [0.25, 0.3) is 16.9 Å². The summed E-state index contributed by atoms with van der Waals surface area (Å²) in [6, 6.07) is 22.0. The Labute approximate surface area is 176 Å². The normalized spacial score (nSPS) is 18.2. The van der Waals surface area contributed by atoms with E-state index in [1.165, 1.54) is 0 Å². The van der Waals surface area contributed by atoms with E-state index in [0.717, 1.165) is 33.8 Å². The number of benzene rings is 2. The van der Waals surface area contributed by atoms with Gasteiger partial charge in [-0.05, 0) is 55.7 Å². The van der Waals surface area contributed by atoms with Crippen molar-refractivity contribution in [3.05, 3.63) is 101 Å². The van der Waals surface area contributed by atoms with Gasteiger partial charge in [0.05, 0.1) is 11.3 Å². The van der Waals surface area contributed by atoms with E-state index in [4.69, 9.17) is 4.74 Å². The molecule has 0 spiro atoms. The molecule has 0 amide bonds. The molecule has 2 heterocycles. The van der Waals surface area contributed by atoms with Gasteiger partial charge in [0.15, 0.2) is 0 Å². The van der Waals surface area contributed by atoms with Crippen molar-refractivity contribution >= 4 is 11.9 Å². The van der Waals surface area contributed by atoms with Gasteiger partial charge >= 0.3 is 11.9 Å². The largest absolute Gasteiger partial charge is 0.389 e. The van der Waals surface area contributed by atoms with Gasteiger partial charge in [0, 0.05) is 11.4 Å². The predicted molar refractivity (Wildman–Crippen MR) is 117 cm³/mol. The van der Waals surface area contributed by atoms with E-state index in [1.807, 2.05) is 99.7 Å². The number of aromatic nitrogens is 1. The van der Waals surface area contributed by atoms with Crippen molar-refractivity contribution in [1.29, 1.82) is 0 Å². The average molecular weight is 397 g/mol. The van der Waals surface area contributed by atoms with E-state index in [-0.39, 0.29) is 0 Å². The number of ether oxygens (including phenoxy) is 1. The molecule has 0 bridgehead atoms. The van der Waals surface area contributed by atoms with Crippen molar-refractivity contribution in [2.75, 3.05) is 0 Å². The van der Waals surface area contributed by atoms with Crippen LogP contribution in [-0.2, 0) is 14.3 Å². The van der Waals surface area contributed by atoms with Gasteiger partial charge in [-0.2, -0.15) is 0 Å². The summed E-state index contributed by atoms with van der Waals surface area (Å²) in [5.74, 6) is -1.82. The standard InChI is InChI=1S/C26H23NO3/c1-4-11-17(2)23-24(26(29)30-25(23)28)21-16-22(19-12-7-5-8-13-19)27(18(21)3)20-14-9-6-10-15-20/h4-16,24H,1-3H3/b11-4+,23-17+. The lowest BCUT2D eigenvalue weighted by Crippen LogP contribution is -2.10. The molecule has 4 rings (SSSR count). The van der Waals surface area contributed by atoms with Crippen LogP contribution in [0.2, 0.25) is 0 Å². The van der Waals surface area contributed by atoms with Crippen LogP contribution in [0.4, 0.5) is 0 Å². The first-order valence-electron chi connectivity index (χ1n) is 9.95. The summed E-state index contributed by atoms with van der Waals surface area (Å²) in [7, 11) is 0. The van der Waals surface area contributed by atoms with Crippen LogP contribution in [0.15, 0.2) is 90.0 Å². The first-order chi connectivity index (χ1) is 14.5. The van der Waals surface area contributed by atoms with Crippen LogP contribution in [0.5, 0.6) is 0 Å². The molecule has 1 fully saturated rings. The zero-order valence-corrected chi connectivity index (χ0v) is 17.3. The summed E-state index contributed by atoms with van der Waals surface area (Å²) in [4.78, 5) is 25.2. The molecule has 1 aliphatic rings. The van der Waals surface area contributed by atoms with Crippen LogP contribution in [0.1, 0.15) is 31.0 Å². The number of rotatable bonds is 4. The molecule has 150 valence electrons. The van der Waals surface area contributed by atoms with Crippen molar-refractivity contribution in [3.8, 4) is 16.9 Å². The second kappa shape index (κ2) is 7.99. The molecule has 0 N–H and O–H groups in total. The Morgan fingerprint density at radius 3 is 2.27 bits per heavy atom. The molecular formula is C26H23NO3. The third-order valence-electron chi connectivity index (χ3n) is 5.46. The van der Waals surface area contributed by atoms with Gasteiger partial charge in [-0.25, -0.2) is 4.79 Å². The Hall–Kier alpha value is -3.66. The van der Waals surface area contributed by atoms with Crippen LogP contribution < -0.4 is 0 Å². The molecule has 1 unspecified atom stereocenters. The molecule has 0 radical (unpaired) electrons. The van der Waals surface area contributed by atoms with Crippen LogP contribution >= 0.6 is 0 Å². The van der Waals surface area contributed by atoms with E-state index in [2.05, 4.69) is 4.57 Å². The van der Waals surface area contributed by atoms with E-state index in [0.29, 0.717) is 5.57 Å². The highest BCUT2D eigenvalue weighted by molar-refractivity contribution is 6.11. The quantitative estimate of drug-likeness (QED) is 0.331. The summed E-state index contributed by atoms with van der Waals surface area (Å²) >= 11 is 0. The Bertz CT molecular complexity index is 1170. The highest BCUT2D eigenvalue weighted by Crippen LogP contribution is 2.40. The van der Waals surface area contributed by atoms with Crippen molar-refractivity contribution in [2.45, 2.75) is 26.7 Å². The fraction of sp³-hybridized carbons (Fsp3) is 0.154. The van der Waals surface area contributed by atoms with Gasteiger partial charge in [-0.3, -0.25) is 4.79 Å². The molecule has 0 saturated carbocycles. The number of hydrogen-bond donors (Lipinski definition) is 0. The lowest BCUT2D eigenvalue weighted by Gasteiger charge is -2.13. The smallest absolute Gasteiger partial charge is 0.343 e. The van der Waals surface area contributed by atoms with E-state index >= 15 is 0 Å². The van der Waals surface area contributed by atoms with E-state index < -0.39 is 17.9 Å². The summed E-state index contributed by atoms with van der Waals surface area (Å²) in [5, 5.41) is 0. The summed E-state index contributed by atoms with van der Waals surface area (Å²) in [6.07, 6.45) is 3.69. The maximum Gasteiger partial charge on any atom is 0.343 e. The van der Waals surface area contributed by atoms with Crippen molar-refractivity contribution in [2.24, 2.45) is 0 Å². The fourth-order valence-corrected chi connectivity index (χ4v) is 4.10. The van der Waals surface area contributed by atoms with Crippen molar-refractivity contribution in [1.82, 2.24) is 4.57 Å². The fourth-order valence-electron chi connectivity index (χ4n) is 4.10. The van der Waals surface area contributed by atoms with Crippen molar-refractivity contribution < 1.29 is 14.3 Å². The Morgan fingerprint density at radius 1 is 1.00 bits per heavy atom. The third kappa shape index (κ3) is 3.30. The summed E-state index contributed by atoms with van der Waals surface area (Å²) in [6.45, 7) is 5.70. The molecule has 1 aromatic heterocycles. The predicted octanol–water partition coefficient (Wildman–Crippen LogP) is 5.51. The molecule has 4 heteroatoms. The second-order valence-corrected chi connectivity index (χ2v) is 7.35. The molecule has 2 aromatic carbocycles. The van der Waals surface area contributed by atoms with Gasteiger partial charge in [0.25, 0.3) is 0 Å². The minimum atomic E-state index is -0.735. The van der Waals surface area contributed by atoms with Gasteiger partial charge in [0.2, 0.25) is 0 Å². The lowest BCUT2D eigenvalue weighted by molar-refractivity contribution is -0.151. The Kier molecular flexibility index (Phi) is 5.23. The molecule has 4 nitrogen and oxygen atoms in total. The number of hydrogen-bond acceptors (Lipinski definition) is 3. The number of esters is 2. The molecule has 1 aliphatic heterocycles. The number of cyclic esters (lactones) is 2. The Morgan fingerprint density at radius 2 is 1.63 bits per heavy atom. The number of allylic oxidation sites excluding steroid dienone is 3. The molecular weight excluding hydrogens is 374 g/mol. The zero-order chi connectivity index (χ0) is 21.3. The van der Waals surface area contributed by atoms with Crippen LogP contribution in [0.3, 0.4) is 0 Å². The number of carbonyl (C=O) groups is 2. The molecule has 1 saturated heterocycles. The highest BCUT2D eigenvalue weighted by atomic mass is 16.6. The summed E-state index contributed by atoms with van der Waals surface area (Å²) < 4.78 is 7.17. The first kappa shape index (κ1) is 19.6. The zero-order valence-electron chi connectivity index (χ0n) is 17.3. The topological polar surface area (TPSA) is 48.3 Å². The SMILES string of the molecule is C/C=C/C(C)=C1/C(=O)OC(=O)C1c1cc(-c2ccccc2)n(-c2ccccc2)c1C. The van der Waals surface area contributed by atoms with Gasteiger partial charge in [-0.15, -0.1) is 0 Å². The van der Waals surface area contributed by atoms with Gasteiger partial charge in [0.1, 0.15) is 5.92 Å². The summed E-state index contributed by atoms with van der Waals surface area (Å²) in [5.41, 5.74) is 5.83. The lowest BCUT2D eigenvalue weighted by atomic mass is 9.89. The first-order valence-corrected chi connectivity index (χ1v) is 9.95. The molecule has 30 heavy (non-hydrogen) atoms. The number of carbonyl (C=O) groups excluding carboxylic acids is 2. The maximum absolute atomic E-state index is 12.7. The maximum atomic E-state index is 12.7. The molecule has 0 aliphatic carbocycles. The molecule has 3 aromatic rings. The minimum Gasteiger partial charge on any atom is -0.389 e. The van der Waals surface area contributed by atoms with Crippen LogP contribution in [-0.4, -0.2) is 16.5 Å². The van der Waals surface area contributed by atoms with Gasteiger partial charge < -0.3 is 9.30 Å². The molecule has 1 atom stereocenters. The van der Waals surface area contributed by atoms with E-state index in [1.54, 1.807) is 0 Å². The second-order valence-electron chi connectivity index (χ2n) is 7.35. The average Bonchev–Trinajstić information content (AvgIpc) is 3.24. The van der Waals surface area contributed by atoms with Crippen molar-refractivity contribution in [3.63, 3.8) is 0 Å². The monoisotopic (exact) mass is 397 g/mol. The number of para-hydroxylation sites is 1. The third-order valence-corrected chi connectivity index (χ3v) is 5.46. The van der Waals surface area contributed by atoms with Crippen LogP contribution in [0, 0.1) is 6.92 Å². The van der Waals surface area contributed by atoms with E-state index in [9.17, 15) is 9.59 Å². The Balaban J connectivity index is 1.98.